The van der Waals surface area contributed by atoms with E-state index in [4.69, 9.17) is 4.74 Å². The molecule has 1 unspecified atom stereocenters. The van der Waals surface area contributed by atoms with Crippen LogP contribution < -0.4 is 10.1 Å². The predicted octanol–water partition coefficient (Wildman–Crippen LogP) is 3.65. The van der Waals surface area contributed by atoms with Gasteiger partial charge in [-0.25, -0.2) is 0 Å². The average Bonchev–Trinajstić information content (AvgIpc) is 2.25. The highest BCUT2D eigenvalue weighted by atomic mass is 16.5. The van der Waals surface area contributed by atoms with Crippen molar-refractivity contribution in [1.29, 1.82) is 0 Å². The lowest BCUT2D eigenvalue weighted by Gasteiger charge is -2.22. The second kappa shape index (κ2) is 6.24. The molecule has 1 aromatic rings. The summed E-state index contributed by atoms with van der Waals surface area (Å²) in [5, 5.41) is 3.37. The Kier molecular flexibility index (Phi) is 5.21. The number of likely N-dealkylation sites (N-methyl/N-ethyl adjacent to an activating group) is 1. The van der Waals surface area contributed by atoms with Crippen molar-refractivity contribution in [3.05, 3.63) is 29.8 Å². The molecule has 2 nitrogen and oxygen atoms in total. The standard InChI is InChI=1S/C16H27NO/c1-12(2)15(17-6)11-13-7-9-14(10-8-13)18-16(3,4)5/h7-10,12,15,17H,11H2,1-6H3. The Morgan fingerprint density at radius 1 is 1.11 bits per heavy atom. The Morgan fingerprint density at radius 3 is 2.06 bits per heavy atom. The van der Waals surface area contributed by atoms with Crippen molar-refractivity contribution < 1.29 is 4.74 Å². The Hall–Kier alpha value is -1.02. The van der Waals surface area contributed by atoms with Crippen LogP contribution in [0.2, 0.25) is 0 Å². The van der Waals surface area contributed by atoms with Gasteiger partial charge in [0.05, 0.1) is 0 Å². The summed E-state index contributed by atoms with van der Waals surface area (Å²) < 4.78 is 5.82. The summed E-state index contributed by atoms with van der Waals surface area (Å²) in [5.74, 6) is 1.58. The highest BCUT2D eigenvalue weighted by molar-refractivity contribution is 5.28. The van der Waals surface area contributed by atoms with Crippen molar-refractivity contribution >= 4 is 0 Å². The van der Waals surface area contributed by atoms with Crippen LogP contribution >= 0.6 is 0 Å². The lowest BCUT2D eigenvalue weighted by Crippen LogP contribution is -2.32. The summed E-state index contributed by atoms with van der Waals surface area (Å²) in [6.45, 7) is 10.7. The second-order valence-electron chi connectivity index (χ2n) is 6.20. The summed E-state index contributed by atoms with van der Waals surface area (Å²) in [7, 11) is 2.03. The van der Waals surface area contributed by atoms with Gasteiger partial charge in [-0.2, -0.15) is 0 Å². The van der Waals surface area contributed by atoms with Crippen LogP contribution in [0.25, 0.3) is 0 Å². The van der Waals surface area contributed by atoms with Crippen molar-refractivity contribution in [1.82, 2.24) is 5.32 Å². The molecule has 0 saturated heterocycles. The molecule has 1 N–H and O–H groups in total. The maximum absolute atomic E-state index is 5.82. The van der Waals surface area contributed by atoms with E-state index < -0.39 is 0 Å². The second-order valence-corrected chi connectivity index (χ2v) is 6.20. The minimum atomic E-state index is -0.132. The summed E-state index contributed by atoms with van der Waals surface area (Å²) in [4.78, 5) is 0. The molecule has 0 aliphatic carbocycles. The van der Waals surface area contributed by atoms with E-state index >= 15 is 0 Å². The van der Waals surface area contributed by atoms with Crippen LogP contribution in [0, 0.1) is 5.92 Å². The van der Waals surface area contributed by atoms with E-state index in [1.807, 2.05) is 7.05 Å². The van der Waals surface area contributed by atoms with Crippen molar-refractivity contribution in [2.24, 2.45) is 5.92 Å². The molecule has 1 rings (SSSR count). The average molecular weight is 249 g/mol. The van der Waals surface area contributed by atoms with Crippen LogP contribution in [-0.2, 0) is 6.42 Å². The molecular formula is C16H27NO. The quantitative estimate of drug-likeness (QED) is 0.860. The minimum Gasteiger partial charge on any atom is -0.488 e. The van der Waals surface area contributed by atoms with E-state index in [0.717, 1.165) is 12.2 Å². The lowest BCUT2D eigenvalue weighted by molar-refractivity contribution is 0.131. The van der Waals surface area contributed by atoms with Gasteiger partial charge in [-0.05, 0) is 57.9 Å². The summed E-state index contributed by atoms with van der Waals surface area (Å²) in [6.07, 6.45) is 1.06. The maximum atomic E-state index is 5.82. The SMILES string of the molecule is CNC(Cc1ccc(OC(C)(C)C)cc1)C(C)C. The van der Waals surface area contributed by atoms with Crippen LogP contribution in [0.3, 0.4) is 0 Å². The minimum absolute atomic E-state index is 0.132. The van der Waals surface area contributed by atoms with Crippen molar-refractivity contribution in [2.75, 3.05) is 7.05 Å². The van der Waals surface area contributed by atoms with Gasteiger partial charge >= 0.3 is 0 Å². The number of hydrogen-bond acceptors (Lipinski definition) is 2. The van der Waals surface area contributed by atoms with Crippen LogP contribution in [0.1, 0.15) is 40.2 Å². The van der Waals surface area contributed by atoms with E-state index in [9.17, 15) is 0 Å². The van der Waals surface area contributed by atoms with E-state index in [-0.39, 0.29) is 5.60 Å². The van der Waals surface area contributed by atoms with Gasteiger partial charge in [-0.3, -0.25) is 0 Å². The third kappa shape index (κ3) is 5.09. The predicted molar refractivity (Wildman–Crippen MR) is 78.2 cm³/mol. The van der Waals surface area contributed by atoms with Crippen LogP contribution in [-0.4, -0.2) is 18.7 Å². The molecule has 0 heterocycles. The fourth-order valence-electron chi connectivity index (χ4n) is 1.97. The highest BCUT2D eigenvalue weighted by Gasteiger charge is 2.13. The number of benzene rings is 1. The molecule has 0 saturated carbocycles. The summed E-state index contributed by atoms with van der Waals surface area (Å²) in [5.41, 5.74) is 1.22. The Bertz CT molecular complexity index is 348. The molecule has 0 radical (unpaired) electrons. The molecule has 102 valence electrons. The van der Waals surface area contributed by atoms with E-state index in [2.05, 4.69) is 64.2 Å². The largest absolute Gasteiger partial charge is 0.488 e. The Balaban J connectivity index is 2.65. The highest BCUT2D eigenvalue weighted by Crippen LogP contribution is 2.19. The first kappa shape index (κ1) is 15.0. The zero-order valence-corrected chi connectivity index (χ0v) is 12.6. The molecule has 0 amide bonds. The molecule has 18 heavy (non-hydrogen) atoms. The number of hydrogen-bond donors (Lipinski definition) is 1. The van der Waals surface area contributed by atoms with Gasteiger partial charge in [0, 0.05) is 6.04 Å². The number of nitrogens with one attached hydrogen (secondary N) is 1. The first-order valence-electron chi connectivity index (χ1n) is 6.77. The monoisotopic (exact) mass is 249 g/mol. The van der Waals surface area contributed by atoms with Gasteiger partial charge < -0.3 is 10.1 Å². The normalized spacial score (nSPS) is 13.7. The van der Waals surface area contributed by atoms with Crippen molar-refractivity contribution in [3.8, 4) is 5.75 Å². The first-order chi connectivity index (χ1) is 8.31. The number of rotatable bonds is 5. The fraction of sp³-hybridized carbons (Fsp3) is 0.625. The molecule has 0 fully saturated rings. The van der Waals surface area contributed by atoms with E-state index in [1.165, 1.54) is 5.56 Å². The summed E-state index contributed by atoms with van der Waals surface area (Å²) >= 11 is 0. The maximum Gasteiger partial charge on any atom is 0.120 e. The molecule has 0 aliphatic rings. The third-order valence-electron chi connectivity index (χ3n) is 2.98. The van der Waals surface area contributed by atoms with Gasteiger partial charge in [0.25, 0.3) is 0 Å². The van der Waals surface area contributed by atoms with Crippen molar-refractivity contribution in [2.45, 2.75) is 52.7 Å². The number of ether oxygens (including phenoxy) is 1. The Morgan fingerprint density at radius 2 is 1.67 bits per heavy atom. The van der Waals surface area contributed by atoms with Gasteiger partial charge in [0.15, 0.2) is 0 Å². The molecule has 0 spiro atoms. The fourth-order valence-corrected chi connectivity index (χ4v) is 1.97. The van der Waals surface area contributed by atoms with Gasteiger partial charge in [-0.1, -0.05) is 26.0 Å². The molecule has 2 heteroatoms. The van der Waals surface area contributed by atoms with Crippen molar-refractivity contribution in [3.63, 3.8) is 0 Å². The lowest BCUT2D eigenvalue weighted by atomic mass is 9.96. The molecule has 1 atom stereocenters. The van der Waals surface area contributed by atoms with Crippen LogP contribution in [0.15, 0.2) is 24.3 Å². The third-order valence-corrected chi connectivity index (χ3v) is 2.98. The zero-order valence-electron chi connectivity index (χ0n) is 12.6. The smallest absolute Gasteiger partial charge is 0.120 e. The first-order valence-corrected chi connectivity index (χ1v) is 6.77. The summed E-state index contributed by atoms with van der Waals surface area (Å²) in [6, 6.07) is 8.97. The Labute approximate surface area is 112 Å². The zero-order chi connectivity index (χ0) is 13.8. The molecule has 0 bridgehead atoms. The van der Waals surface area contributed by atoms with Gasteiger partial charge in [0.1, 0.15) is 11.4 Å². The molecular weight excluding hydrogens is 222 g/mol. The van der Waals surface area contributed by atoms with E-state index in [0.29, 0.717) is 12.0 Å². The molecule has 0 aromatic heterocycles. The van der Waals surface area contributed by atoms with Gasteiger partial charge in [-0.15, -0.1) is 0 Å². The van der Waals surface area contributed by atoms with Crippen LogP contribution in [0.5, 0.6) is 5.75 Å². The topological polar surface area (TPSA) is 21.3 Å². The van der Waals surface area contributed by atoms with Crippen LogP contribution in [0.4, 0.5) is 0 Å². The van der Waals surface area contributed by atoms with E-state index in [1.54, 1.807) is 0 Å². The molecule has 1 aromatic carbocycles. The molecule has 0 aliphatic heterocycles. The van der Waals surface area contributed by atoms with Gasteiger partial charge in [0.2, 0.25) is 0 Å².